The molecule has 7 nitrogen and oxygen atoms in total. The van der Waals surface area contributed by atoms with Gasteiger partial charge in [0, 0.05) is 31.7 Å². The summed E-state index contributed by atoms with van der Waals surface area (Å²) in [4.78, 5) is 29.9. The van der Waals surface area contributed by atoms with Crippen molar-refractivity contribution in [3.8, 4) is 0 Å². The molecule has 0 bridgehead atoms. The van der Waals surface area contributed by atoms with Crippen LogP contribution in [-0.2, 0) is 20.7 Å². The van der Waals surface area contributed by atoms with E-state index in [1.165, 1.54) is 0 Å². The van der Waals surface area contributed by atoms with E-state index in [0.717, 1.165) is 24.2 Å². The van der Waals surface area contributed by atoms with E-state index in [1.807, 2.05) is 26.8 Å². The number of pyridine rings is 1. The van der Waals surface area contributed by atoms with Gasteiger partial charge in [-0.2, -0.15) is 0 Å². The first-order valence-electron chi connectivity index (χ1n) is 9.72. The maximum Gasteiger partial charge on any atom is 0.410 e. The first-order chi connectivity index (χ1) is 13.2. The number of likely N-dealkylation sites (tertiary alicyclic amines) is 1. The van der Waals surface area contributed by atoms with Crippen molar-refractivity contribution >= 4 is 29.4 Å². The summed E-state index contributed by atoms with van der Waals surface area (Å²) in [6.45, 7) is 9.00. The van der Waals surface area contributed by atoms with Gasteiger partial charge < -0.3 is 19.7 Å². The predicted octanol–water partition coefficient (Wildman–Crippen LogP) is 4.04. The number of nitrogens with one attached hydrogen (secondary N) is 1. The minimum Gasteiger partial charge on any atom is -0.466 e. The Bertz CT molecular complexity index is 683. The lowest BCUT2D eigenvalue weighted by Crippen LogP contribution is -2.44. The lowest BCUT2D eigenvalue weighted by Gasteiger charge is -2.34. The Morgan fingerprint density at radius 3 is 2.61 bits per heavy atom. The van der Waals surface area contributed by atoms with E-state index in [9.17, 15) is 9.59 Å². The summed E-state index contributed by atoms with van der Waals surface area (Å²) < 4.78 is 10.4. The van der Waals surface area contributed by atoms with Crippen LogP contribution in [0.1, 0.15) is 52.7 Å². The van der Waals surface area contributed by atoms with Crippen molar-refractivity contribution in [2.24, 2.45) is 0 Å². The molecular weight excluding hydrogens is 382 g/mol. The second kappa shape index (κ2) is 9.96. The largest absolute Gasteiger partial charge is 0.466 e. The number of rotatable bonds is 6. The fourth-order valence-electron chi connectivity index (χ4n) is 3.00. The van der Waals surface area contributed by atoms with Crippen LogP contribution < -0.4 is 5.32 Å². The monoisotopic (exact) mass is 411 g/mol. The first-order valence-corrected chi connectivity index (χ1v) is 10.1. The van der Waals surface area contributed by atoms with Crippen molar-refractivity contribution in [1.82, 2.24) is 9.88 Å². The molecule has 0 atom stereocenters. The summed E-state index contributed by atoms with van der Waals surface area (Å²) in [5.41, 5.74) is 1.12. The van der Waals surface area contributed by atoms with E-state index in [0.29, 0.717) is 31.1 Å². The molecule has 156 valence electrons. The Morgan fingerprint density at radius 1 is 1.32 bits per heavy atom. The molecule has 8 heteroatoms. The highest BCUT2D eigenvalue weighted by molar-refractivity contribution is 6.30. The van der Waals surface area contributed by atoms with E-state index in [-0.39, 0.29) is 24.5 Å². The van der Waals surface area contributed by atoms with Crippen molar-refractivity contribution in [2.75, 3.05) is 25.0 Å². The zero-order valence-corrected chi connectivity index (χ0v) is 17.8. The maximum absolute atomic E-state index is 12.2. The number of halogens is 1. The van der Waals surface area contributed by atoms with Gasteiger partial charge in [-0.25, -0.2) is 4.79 Å². The highest BCUT2D eigenvalue weighted by atomic mass is 35.5. The Labute approximate surface area is 171 Å². The van der Waals surface area contributed by atoms with Gasteiger partial charge in [0.25, 0.3) is 0 Å². The molecule has 1 amide bonds. The van der Waals surface area contributed by atoms with Gasteiger partial charge in [-0.1, -0.05) is 11.6 Å². The molecule has 2 rings (SSSR count). The highest BCUT2D eigenvalue weighted by Crippen LogP contribution is 2.24. The third-order valence-corrected chi connectivity index (χ3v) is 4.52. The molecular formula is C20H30ClN3O4. The zero-order valence-electron chi connectivity index (χ0n) is 17.1. The summed E-state index contributed by atoms with van der Waals surface area (Å²) in [5.74, 6) is -0.240. The predicted molar refractivity (Wildman–Crippen MR) is 109 cm³/mol. The van der Waals surface area contributed by atoms with Gasteiger partial charge in [-0.3, -0.25) is 9.78 Å². The summed E-state index contributed by atoms with van der Waals surface area (Å²) >= 11 is 6.11. The number of anilines is 1. The van der Waals surface area contributed by atoms with Crippen LogP contribution in [0, 0.1) is 0 Å². The fourth-order valence-corrected chi connectivity index (χ4v) is 3.16. The van der Waals surface area contributed by atoms with Crippen molar-refractivity contribution < 1.29 is 19.1 Å². The minimum atomic E-state index is -0.494. The van der Waals surface area contributed by atoms with Crippen LogP contribution >= 0.6 is 11.6 Å². The van der Waals surface area contributed by atoms with E-state index in [4.69, 9.17) is 21.1 Å². The van der Waals surface area contributed by atoms with Crippen LogP contribution in [0.15, 0.2) is 12.3 Å². The van der Waals surface area contributed by atoms with Crippen LogP contribution in [0.25, 0.3) is 0 Å². The number of carbonyl (C=O) groups is 2. The summed E-state index contributed by atoms with van der Waals surface area (Å²) in [5, 5.41) is 4.01. The zero-order chi connectivity index (χ0) is 20.7. The Kier molecular flexibility index (Phi) is 7.92. The van der Waals surface area contributed by atoms with Crippen molar-refractivity contribution in [3.63, 3.8) is 0 Å². The molecule has 0 radical (unpaired) electrons. The molecule has 1 N–H and O–H groups in total. The van der Waals surface area contributed by atoms with Gasteiger partial charge >= 0.3 is 12.1 Å². The van der Waals surface area contributed by atoms with E-state index in [2.05, 4.69) is 10.3 Å². The molecule has 0 spiro atoms. The van der Waals surface area contributed by atoms with Crippen LogP contribution in [0.5, 0.6) is 0 Å². The second-order valence-corrected chi connectivity index (χ2v) is 8.28. The molecule has 1 aliphatic heterocycles. The number of nitrogens with zero attached hydrogens (tertiary/aromatic N) is 2. The summed E-state index contributed by atoms with van der Waals surface area (Å²) in [7, 11) is 0. The number of ether oxygens (including phenoxy) is 2. The average molecular weight is 412 g/mol. The van der Waals surface area contributed by atoms with E-state index >= 15 is 0 Å². The van der Waals surface area contributed by atoms with Gasteiger partial charge in [-0.15, -0.1) is 0 Å². The van der Waals surface area contributed by atoms with Crippen molar-refractivity contribution in [3.05, 3.63) is 23.0 Å². The summed E-state index contributed by atoms with van der Waals surface area (Å²) in [6.07, 6.45) is 3.65. The maximum atomic E-state index is 12.2. The summed E-state index contributed by atoms with van der Waals surface area (Å²) in [6, 6.07) is 2.02. The topological polar surface area (TPSA) is 80.8 Å². The fraction of sp³-hybridized carbons (Fsp3) is 0.650. The molecule has 1 saturated heterocycles. The molecule has 1 aromatic rings. The SMILES string of the molecule is CCOC(=O)CCc1ncc(Cl)cc1NC1CCN(C(=O)OC(C)(C)C)CC1. The van der Waals surface area contributed by atoms with Crippen molar-refractivity contribution in [1.29, 1.82) is 0 Å². The van der Waals surface area contributed by atoms with E-state index < -0.39 is 5.60 Å². The highest BCUT2D eigenvalue weighted by Gasteiger charge is 2.27. The first kappa shape index (κ1) is 22.3. The molecule has 1 aromatic heterocycles. The number of piperidine rings is 1. The molecule has 28 heavy (non-hydrogen) atoms. The second-order valence-electron chi connectivity index (χ2n) is 7.84. The molecule has 2 heterocycles. The third-order valence-electron chi connectivity index (χ3n) is 4.31. The van der Waals surface area contributed by atoms with Gasteiger partial charge in [0.1, 0.15) is 5.60 Å². The van der Waals surface area contributed by atoms with Crippen LogP contribution in [0.2, 0.25) is 5.02 Å². The molecule has 0 saturated carbocycles. The molecule has 0 aromatic carbocycles. The van der Waals surface area contributed by atoms with Crippen LogP contribution in [0.4, 0.5) is 10.5 Å². The number of esters is 1. The number of carbonyl (C=O) groups excluding carboxylic acids is 2. The number of amides is 1. The Morgan fingerprint density at radius 2 is 2.00 bits per heavy atom. The van der Waals surface area contributed by atoms with Gasteiger partial charge in [0.2, 0.25) is 0 Å². The molecule has 0 unspecified atom stereocenters. The average Bonchev–Trinajstić information content (AvgIpc) is 2.60. The lowest BCUT2D eigenvalue weighted by molar-refractivity contribution is -0.143. The lowest BCUT2D eigenvalue weighted by atomic mass is 10.0. The quantitative estimate of drug-likeness (QED) is 0.711. The third kappa shape index (κ3) is 7.19. The van der Waals surface area contributed by atoms with Crippen LogP contribution in [-0.4, -0.2) is 53.3 Å². The van der Waals surface area contributed by atoms with Gasteiger partial charge in [0.15, 0.2) is 0 Å². The van der Waals surface area contributed by atoms with Gasteiger partial charge in [-0.05, 0) is 46.6 Å². The smallest absolute Gasteiger partial charge is 0.410 e. The number of aromatic nitrogens is 1. The number of hydrogen-bond acceptors (Lipinski definition) is 6. The number of aryl methyl sites for hydroxylation is 1. The molecule has 1 aliphatic rings. The normalized spacial score (nSPS) is 15.2. The van der Waals surface area contributed by atoms with Crippen LogP contribution in [0.3, 0.4) is 0 Å². The van der Waals surface area contributed by atoms with E-state index in [1.54, 1.807) is 18.0 Å². The standard InChI is InChI=1S/C20H30ClN3O4/c1-5-27-18(25)7-6-16-17(12-14(21)13-22-16)23-15-8-10-24(11-9-15)19(26)28-20(2,3)4/h12-13,15,23H,5-11H2,1-4H3. The number of hydrogen-bond donors (Lipinski definition) is 1. The Balaban J connectivity index is 1.92. The molecule has 0 aliphatic carbocycles. The Hall–Kier alpha value is -2.02. The minimum absolute atomic E-state index is 0.195. The molecule has 1 fully saturated rings. The van der Waals surface area contributed by atoms with Crippen molar-refractivity contribution in [2.45, 2.75) is 65.0 Å². The van der Waals surface area contributed by atoms with Gasteiger partial charge in [0.05, 0.1) is 29.4 Å².